The molecule has 6 heteroatoms. The number of aliphatic hydroxyl groups excluding tert-OH is 1. The number of piperazine rings is 1. The molecule has 3 aromatic rings. The minimum absolute atomic E-state index is 0.100. The van der Waals surface area contributed by atoms with Gasteiger partial charge in [-0.15, -0.1) is 0 Å². The Labute approximate surface area is 170 Å². The Morgan fingerprint density at radius 1 is 1.21 bits per heavy atom. The molecule has 0 bridgehead atoms. The minimum Gasteiger partial charge on any atom is -0.393 e. The summed E-state index contributed by atoms with van der Waals surface area (Å²) in [7, 11) is 0. The molecule has 29 heavy (non-hydrogen) atoms. The molecule has 1 saturated carbocycles. The van der Waals surface area contributed by atoms with Crippen molar-refractivity contribution >= 4 is 10.9 Å². The molecule has 1 aliphatic heterocycles. The highest BCUT2D eigenvalue weighted by molar-refractivity contribution is 5.82. The lowest BCUT2D eigenvalue weighted by molar-refractivity contribution is 0.0122. The molecular weight excluding hydrogens is 367 g/mol. The van der Waals surface area contributed by atoms with E-state index >= 15 is 0 Å². The highest BCUT2D eigenvalue weighted by atomic mass is 19.1. The average molecular weight is 394 g/mol. The third kappa shape index (κ3) is 3.56. The van der Waals surface area contributed by atoms with Gasteiger partial charge in [-0.3, -0.25) is 4.90 Å². The van der Waals surface area contributed by atoms with Gasteiger partial charge in [0.05, 0.1) is 23.5 Å². The smallest absolute Gasteiger partial charge is 0.123 e. The van der Waals surface area contributed by atoms with E-state index in [9.17, 15) is 9.50 Å². The van der Waals surface area contributed by atoms with E-state index in [-0.39, 0.29) is 11.9 Å². The van der Waals surface area contributed by atoms with Crippen molar-refractivity contribution in [3.05, 3.63) is 59.5 Å². The second kappa shape index (κ2) is 7.52. The second-order valence-electron chi connectivity index (χ2n) is 8.51. The van der Waals surface area contributed by atoms with E-state index < -0.39 is 0 Å². The summed E-state index contributed by atoms with van der Waals surface area (Å²) in [5.41, 5.74) is 4.48. The SMILES string of the molecule is Cc1cc2c(cnn2-c2ccc(F)cc2)cc1[C@H]1CNCCN1C[C@H]1C[C@@H](O)C1. The van der Waals surface area contributed by atoms with Crippen molar-refractivity contribution in [2.24, 2.45) is 5.92 Å². The summed E-state index contributed by atoms with van der Waals surface area (Å²) in [6.07, 6.45) is 3.65. The third-order valence-corrected chi connectivity index (χ3v) is 6.44. The number of hydrogen-bond acceptors (Lipinski definition) is 4. The van der Waals surface area contributed by atoms with Gasteiger partial charge in [0.2, 0.25) is 0 Å². The van der Waals surface area contributed by atoms with Crippen LogP contribution in [-0.2, 0) is 0 Å². The molecule has 1 aliphatic carbocycles. The highest BCUT2D eigenvalue weighted by Gasteiger charge is 2.33. The molecule has 0 radical (unpaired) electrons. The molecule has 2 N–H and O–H groups in total. The molecule has 2 fully saturated rings. The molecule has 5 nitrogen and oxygen atoms in total. The predicted octanol–water partition coefficient (Wildman–Crippen LogP) is 3.19. The Bertz CT molecular complexity index is 1010. The van der Waals surface area contributed by atoms with Crippen LogP contribution >= 0.6 is 0 Å². The number of aryl methyl sites for hydroxylation is 1. The van der Waals surface area contributed by atoms with Crippen LogP contribution in [-0.4, -0.2) is 52.1 Å². The van der Waals surface area contributed by atoms with Crippen molar-refractivity contribution in [3.63, 3.8) is 0 Å². The number of fused-ring (bicyclic) bond motifs is 1. The van der Waals surface area contributed by atoms with Gasteiger partial charge in [-0.25, -0.2) is 9.07 Å². The van der Waals surface area contributed by atoms with Crippen LogP contribution in [0, 0.1) is 18.7 Å². The first kappa shape index (κ1) is 18.7. The molecule has 1 atom stereocenters. The Balaban J connectivity index is 1.46. The monoisotopic (exact) mass is 394 g/mol. The van der Waals surface area contributed by atoms with Crippen LogP contribution in [0.2, 0.25) is 0 Å². The second-order valence-corrected chi connectivity index (χ2v) is 8.51. The van der Waals surface area contributed by atoms with Crippen LogP contribution in [0.15, 0.2) is 42.6 Å². The fourth-order valence-electron chi connectivity index (χ4n) is 4.80. The van der Waals surface area contributed by atoms with Crippen molar-refractivity contribution in [3.8, 4) is 5.69 Å². The van der Waals surface area contributed by atoms with Crippen molar-refractivity contribution in [1.82, 2.24) is 20.0 Å². The van der Waals surface area contributed by atoms with Crippen LogP contribution in [0.4, 0.5) is 4.39 Å². The summed E-state index contributed by atoms with van der Waals surface area (Å²) < 4.78 is 15.2. The van der Waals surface area contributed by atoms with Crippen molar-refractivity contribution in [1.29, 1.82) is 0 Å². The normalized spacial score (nSPS) is 25.3. The topological polar surface area (TPSA) is 53.3 Å². The van der Waals surface area contributed by atoms with E-state index in [0.717, 1.165) is 55.6 Å². The van der Waals surface area contributed by atoms with Gasteiger partial charge in [-0.1, -0.05) is 0 Å². The van der Waals surface area contributed by atoms with Crippen molar-refractivity contribution in [2.75, 3.05) is 26.2 Å². The molecule has 0 spiro atoms. The molecule has 2 aromatic carbocycles. The van der Waals surface area contributed by atoms with Gasteiger partial charge in [-0.2, -0.15) is 5.10 Å². The number of benzene rings is 2. The predicted molar refractivity (Wildman–Crippen MR) is 112 cm³/mol. The van der Waals surface area contributed by atoms with Gasteiger partial charge in [0.15, 0.2) is 0 Å². The summed E-state index contributed by atoms with van der Waals surface area (Å²) in [5.74, 6) is 0.364. The zero-order valence-corrected chi connectivity index (χ0v) is 16.7. The molecule has 2 heterocycles. The largest absolute Gasteiger partial charge is 0.393 e. The minimum atomic E-state index is -0.243. The van der Waals surface area contributed by atoms with Crippen LogP contribution in [0.3, 0.4) is 0 Å². The van der Waals surface area contributed by atoms with E-state index in [1.54, 1.807) is 12.1 Å². The number of aliphatic hydroxyl groups is 1. The number of halogens is 1. The fraction of sp³-hybridized carbons (Fsp3) is 0.435. The van der Waals surface area contributed by atoms with Crippen LogP contribution in [0.5, 0.6) is 0 Å². The lowest BCUT2D eigenvalue weighted by Crippen LogP contribution is -2.49. The number of hydrogen-bond donors (Lipinski definition) is 2. The summed E-state index contributed by atoms with van der Waals surface area (Å²) >= 11 is 0. The summed E-state index contributed by atoms with van der Waals surface area (Å²) in [4.78, 5) is 2.58. The van der Waals surface area contributed by atoms with Crippen LogP contribution < -0.4 is 5.32 Å². The molecule has 2 aliphatic rings. The molecule has 0 amide bonds. The van der Waals surface area contributed by atoms with E-state index in [1.165, 1.54) is 23.3 Å². The standard InChI is InChI=1S/C23H27FN4O/c1-15-8-22-17(12-26-28(22)19-4-2-18(24)3-5-19)11-21(15)23-13-25-6-7-27(23)14-16-9-20(29)10-16/h2-5,8,11-12,16,20,23,25,29H,6-7,9-10,13-14H2,1H3/t16-,20+,23-/m1/s1. The zero-order chi connectivity index (χ0) is 20.0. The van der Waals surface area contributed by atoms with Gasteiger partial charge in [-0.05, 0) is 73.2 Å². The number of nitrogens with one attached hydrogen (secondary N) is 1. The average Bonchev–Trinajstić information content (AvgIpc) is 3.10. The maximum Gasteiger partial charge on any atom is 0.123 e. The van der Waals surface area contributed by atoms with Crippen LogP contribution in [0.25, 0.3) is 16.6 Å². The van der Waals surface area contributed by atoms with Gasteiger partial charge < -0.3 is 10.4 Å². The Morgan fingerprint density at radius 3 is 2.76 bits per heavy atom. The number of aromatic nitrogens is 2. The van der Waals surface area contributed by atoms with Gasteiger partial charge in [0.1, 0.15) is 5.82 Å². The molecule has 152 valence electrons. The van der Waals surface area contributed by atoms with E-state index in [1.807, 2.05) is 10.9 Å². The van der Waals surface area contributed by atoms with E-state index in [0.29, 0.717) is 12.0 Å². The maximum absolute atomic E-state index is 13.3. The molecule has 0 unspecified atom stereocenters. The molecule has 5 rings (SSSR count). The first-order valence-corrected chi connectivity index (χ1v) is 10.5. The fourth-order valence-corrected chi connectivity index (χ4v) is 4.80. The molecule has 1 saturated heterocycles. The Kier molecular flexibility index (Phi) is 4.86. The number of nitrogens with zero attached hydrogens (tertiary/aromatic N) is 3. The van der Waals surface area contributed by atoms with E-state index in [2.05, 4.69) is 34.4 Å². The Hall–Kier alpha value is -2.28. The van der Waals surface area contributed by atoms with Gasteiger partial charge >= 0.3 is 0 Å². The third-order valence-electron chi connectivity index (χ3n) is 6.44. The Morgan fingerprint density at radius 2 is 2.00 bits per heavy atom. The molecule has 1 aromatic heterocycles. The summed E-state index contributed by atoms with van der Waals surface area (Å²) in [6.45, 7) is 6.19. The lowest BCUT2D eigenvalue weighted by atomic mass is 9.81. The zero-order valence-electron chi connectivity index (χ0n) is 16.7. The van der Waals surface area contributed by atoms with Crippen LogP contribution in [0.1, 0.15) is 30.0 Å². The lowest BCUT2D eigenvalue weighted by Gasteiger charge is -2.42. The summed E-state index contributed by atoms with van der Waals surface area (Å²) in [5, 5.41) is 18.8. The highest BCUT2D eigenvalue weighted by Crippen LogP contribution is 2.34. The van der Waals surface area contributed by atoms with Gasteiger partial charge in [0, 0.05) is 37.6 Å². The molecular formula is C23H27FN4O. The van der Waals surface area contributed by atoms with Crippen molar-refractivity contribution < 1.29 is 9.50 Å². The number of rotatable bonds is 4. The van der Waals surface area contributed by atoms with E-state index in [4.69, 9.17) is 0 Å². The summed E-state index contributed by atoms with van der Waals surface area (Å²) in [6, 6.07) is 11.2. The first-order chi connectivity index (χ1) is 14.1. The van der Waals surface area contributed by atoms with Crippen molar-refractivity contribution in [2.45, 2.75) is 31.9 Å². The first-order valence-electron chi connectivity index (χ1n) is 10.5. The van der Waals surface area contributed by atoms with Gasteiger partial charge in [0.25, 0.3) is 0 Å². The maximum atomic E-state index is 13.3. The quantitative estimate of drug-likeness (QED) is 0.714.